The second-order valence-corrected chi connectivity index (χ2v) is 5.24. The summed E-state index contributed by atoms with van der Waals surface area (Å²) in [6, 6.07) is 7.06. The molecule has 0 amide bonds. The Hall–Kier alpha value is -1.22. The van der Waals surface area contributed by atoms with E-state index in [4.69, 9.17) is 4.74 Å². The Bertz CT molecular complexity index is 386. The molecule has 2 rings (SSSR count). The molecule has 3 nitrogen and oxygen atoms in total. The fraction of sp³-hybridized carbons (Fsp3) is 0.625. The Kier molecular flexibility index (Phi) is 5.52. The second kappa shape index (κ2) is 7.39. The van der Waals surface area contributed by atoms with Crippen LogP contribution in [0.3, 0.4) is 0 Å². The quantitative estimate of drug-likeness (QED) is 0.826. The van der Waals surface area contributed by atoms with Gasteiger partial charge in [-0.2, -0.15) is 0 Å². The molecule has 0 bridgehead atoms. The lowest BCUT2D eigenvalue weighted by molar-refractivity contribution is 0.389. The van der Waals surface area contributed by atoms with Crippen LogP contribution >= 0.6 is 0 Å². The molecule has 1 aromatic rings. The molecule has 0 saturated carbocycles. The van der Waals surface area contributed by atoms with E-state index in [1.54, 1.807) is 7.11 Å². The number of hydrogen-bond acceptors (Lipinski definition) is 3. The summed E-state index contributed by atoms with van der Waals surface area (Å²) in [5.74, 6) is 0.988. The average molecular weight is 262 g/mol. The Balaban J connectivity index is 1.81. The minimum atomic E-state index is 0.699. The molecule has 1 heterocycles. The van der Waals surface area contributed by atoms with Gasteiger partial charge in [-0.1, -0.05) is 13.3 Å². The molecular formula is C16H26N2O. The van der Waals surface area contributed by atoms with E-state index in [0.29, 0.717) is 6.04 Å². The molecule has 0 aromatic heterocycles. The van der Waals surface area contributed by atoms with Crippen LogP contribution in [0.1, 0.15) is 38.2 Å². The number of anilines is 1. The highest BCUT2D eigenvalue weighted by Crippen LogP contribution is 2.23. The van der Waals surface area contributed by atoms with Crippen LogP contribution in [0.15, 0.2) is 18.2 Å². The molecular weight excluding hydrogens is 236 g/mol. The van der Waals surface area contributed by atoms with Gasteiger partial charge < -0.3 is 15.4 Å². The molecule has 0 radical (unpaired) electrons. The molecule has 2 N–H and O–H groups in total. The van der Waals surface area contributed by atoms with Crippen LogP contribution < -0.4 is 15.4 Å². The second-order valence-electron chi connectivity index (χ2n) is 5.24. The van der Waals surface area contributed by atoms with Gasteiger partial charge in [0.05, 0.1) is 7.11 Å². The van der Waals surface area contributed by atoms with Gasteiger partial charge in [-0.3, -0.25) is 0 Å². The molecule has 0 aliphatic carbocycles. The number of benzene rings is 1. The van der Waals surface area contributed by atoms with Crippen molar-refractivity contribution < 1.29 is 4.74 Å². The first-order valence-corrected chi connectivity index (χ1v) is 7.47. The zero-order chi connectivity index (χ0) is 13.5. The Morgan fingerprint density at radius 2 is 2.26 bits per heavy atom. The van der Waals surface area contributed by atoms with Crippen molar-refractivity contribution in [1.82, 2.24) is 5.32 Å². The summed E-state index contributed by atoms with van der Waals surface area (Å²) in [7, 11) is 1.73. The van der Waals surface area contributed by atoms with Crippen molar-refractivity contribution >= 4 is 5.69 Å². The maximum absolute atomic E-state index is 5.35. The summed E-state index contributed by atoms with van der Waals surface area (Å²) in [5, 5.41) is 7.11. The lowest BCUT2D eigenvalue weighted by Crippen LogP contribution is -2.35. The SMILES string of the molecule is CCc1cc(NCCC2CCCCN2)ccc1OC. The maximum atomic E-state index is 5.35. The summed E-state index contributed by atoms with van der Waals surface area (Å²) in [6.07, 6.45) is 6.24. The number of nitrogens with one attached hydrogen (secondary N) is 2. The highest BCUT2D eigenvalue weighted by atomic mass is 16.5. The first-order chi connectivity index (χ1) is 9.33. The van der Waals surface area contributed by atoms with E-state index >= 15 is 0 Å². The van der Waals surface area contributed by atoms with E-state index < -0.39 is 0 Å². The minimum absolute atomic E-state index is 0.699. The van der Waals surface area contributed by atoms with Gasteiger partial charge in [0.2, 0.25) is 0 Å². The molecule has 3 heteroatoms. The van der Waals surface area contributed by atoms with Gasteiger partial charge in [0.15, 0.2) is 0 Å². The van der Waals surface area contributed by atoms with Crippen molar-refractivity contribution in [3.63, 3.8) is 0 Å². The number of ether oxygens (including phenoxy) is 1. The smallest absolute Gasteiger partial charge is 0.122 e. The van der Waals surface area contributed by atoms with Crippen molar-refractivity contribution in [3.05, 3.63) is 23.8 Å². The van der Waals surface area contributed by atoms with E-state index in [1.807, 2.05) is 0 Å². The third-order valence-corrected chi connectivity index (χ3v) is 3.90. The Morgan fingerprint density at radius 1 is 1.37 bits per heavy atom. The Morgan fingerprint density at radius 3 is 2.95 bits per heavy atom. The van der Waals surface area contributed by atoms with Crippen molar-refractivity contribution in [3.8, 4) is 5.75 Å². The number of aryl methyl sites for hydroxylation is 1. The molecule has 1 aromatic carbocycles. The zero-order valence-corrected chi connectivity index (χ0v) is 12.2. The molecule has 1 fully saturated rings. The largest absolute Gasteiger partial charge is 0.496 e. The Labute approximate surface area is 116 Å². The van der Waals surface area contributed by atoms with Crippen molar-refractivity contribution in [2.75, 3.05) is 25.5 Å². The van der Waals surface area contributed by atoms with Gasteiger partial charge in [-0.05, 0) is 56.0 Å². The van der Waals surface area contributed by atoms with Crippen molar-refractivity contribution in [1.29, 1.82) is 0 Å². The summed E-state index contributed by atoms with van der Waals surface area (Å²) < 4.78 is 5.35. The van der Waals surface area contributed by atoms with Crippen LogP contribution in [0.25, 0.3) is 0 Å². The van der Waals surface area contributed by atoms with Crippen molar-refractivity contribution in [2.24, 2.45) is 0 Å². The molecule has 1 atom stereocenters. The molecule has 1 unspecified atom stereocenters. The molecule has 1 saturated heterocycles. The lowest BCUT2D eigenvalue weighted by atomic mass is 10.0. The fourth-order valence-electron chi connectivity index (χ4n) is 2.73. The maximum Gasteiger partial charge on any atom is 0.122 e. The summed E-state index contributed by atoms with van der Waals surface area (Å²) in [6.45, 7) is 4.38. The van der Waals surface area contributed by atoms with Gasteiger partial charge in [-0.15, -0.1) is 0 Å². The average Bonchev–Trinajstić information content (AvgIpc) is 2.48. The fourth-order valence-corrected chi connectivity index (χ4v) is 2.73. The highest BCUT2D eigenvalue weighted by molar-refractivity contribution is 5.51. The molecule has 19 heavy (non-hydrogen) atoms. The highest BCUT2D eigenvalue weighted by Gasteiger charge is 2.11. The predicted molar refractivity (Wildman–Crippen MR) is 81.1 cm³/mol. The van der Waals surface area contributed by atoms with Gasteiger partial charge in [0, 0.05) is 18.3 Å². The third kappa shape index (κ3) is 4.13. The first-order valence-electron chi connectivity index (χ1n) is 7.47. The van der Waals surface area contributed by atoms with Crippen LogP contribution in [0.5, 0.6) is 5.75 Å². The standard InChI is InChI=1S/C16H26N2O/c1-3-13-12-15(7-8-16(13)19-2)18-11-9-14-6-4-5-10-17-14/h7-8,12,14,17-18H,3-6,9-11H2,1-2H3. The topological polar surface area (TPSA) is 33.3 Å². The van der Waals surface area contributed by atoms with Crippen molar-refractivity contribution in [2.45, 2.75) is 45.1 Å². The van der Waals surface area contributed by atoms with Gasteiger partial charge in [0.1, 0.15) is 5.75 Å². The van der Waals surface area contributed by atoms with Crippen LogP contribution in [0.2, 0.25) is 0 Å². The third-order valence-electron chi connectivity index (χ3n) is 3.90. The van der Waals surface area contributed by atoms with Gasteiger partial charge in [-0.25, -0.2) is 0 Å². The molecule has 0 spiro atoms. The predicted octanol–water partition coefficient (Wildman–Crippen LogP) is 3.20. The first kappa shape index (κ1) is 14.2. The molecule has 1 aliphatic rings. The normalized spacial score (nSPS) is 19.2. The van der Waals surface area contributed by atoms with E-state index in [1.165, 1.54) is 43.5 Å². The van der Waals surface area contributed by atoms with Crippen LogP contribution in [-0.4, -0.2) is 26.2 Å². The monoisotopic (exact) mass is 262 g/mol. The van der Waals surface area contributed by atoms with Crippen LogP contribution in [-0.2, 0) is 6.42 Å². The van der Waals surface area contributed by atoms with Crippen LogP contribution in [0, 0.1) is 0 Å². The minimum Gasteiger partial charge on any atom is -0.496 e. The molecule has 1 aliphatic heterocycles. The zero-order valence-electron chi connectivity index (χ0n) is 12.2. The van der Waals surface area contributed by atoms with E-state index in [0.717, 1.165) is 18.7 Å². The molecule has 106 valence electrons. The van der Waals surface area contributed by atoms with Crippen LogP contribution in [0.4, 0.5) is 5.69 Å². The number of methoxy groups -OCH3 is 1. The van der Waals surface area contributed by atoms with Gasteiger partial charge in [0.25, 0.3) is 0 Å². The number of hydrogen-bond donors (Lipinski definition) is 2. The summed E-state index contributed by atoms with van der Waals surface area (Å²) in [5.41, 5.74) is 2.47. The van der Waals surface area contributed by atoms with E-state index in [2.05, 4.69) is 35.8 Å². The number of piperidine rings is 1. The van der Waals surface area contributed by atoms with E-state index in [9.17, 15) is 0 Å². The lowest BCUT2D eigenvalue weighted by Gasteiger charge is -2.23. The summed E-state index contributed by atoms with van der Waals surface area (Å²) >= 11 is 0. The van der Waals surface area contributed by atoms with E-state index in [-0.39, 0.29) is 0 Å². The van der Waals surface area contributed by atoms with Gasteiger partial charge >= 0.3 is 0 Å². The number of rotatable bonds is 6. The summed E-state index contributed by atoms with van der Waals surface area (Å²) in [4.78, 5) is 0.